The molecule has 0 spiro atoms. The topological polar surface area (TPSA) is 83.6 Å². The Morgan fingerprint density at radius 3 is 3.00 bits per heavy atom. The summed E-state index contributed by atoms with van der Waals surface area (Å²) in [5, 5.41) is 12.6. The molecule has 1 aliphatic rings. The molecular weight excluding hydrogens is 282 g/mol. The Kier molecular flexibility index (Phi) is 5.37. The number of carbonyl (C=O) groups excluding carboxylic acids is 1. The normalized spacial score (nSPS) is 16.7. The lowest BCUT2D eigenvalue weighted by Crippen LogP contribution is -2.37. The van der Waals surface area contributed by atoms with E-state index in [1.54, 1.807) is 4.90 Å². The van der Waals surface area contributed by atoms with Crippen molar-refractivity contribution in [2.75, 3.05) is 33.3 Å². The van der Waals surface area contributed by atoms with E-state index in [0.29, 0.717) is 25.2 Å². The molecule has 2 rings (SSSR count). The lowest BCUT2D eigenvalue weighted by molar-refractivity contribution is -0.163. The number of nitriles is 1. The number of nitrogens with zero attached hydrogens (tertiary/aromatic N) is 5. The van der Waals surface area contributed by atoms with Crippen LogP contribution in [0.3, 0.4) is 0 Å². The van der Waals surface area contributed by atoms with Crippen molar-refractivity contribution >= 4 is 18.3 Å². The Labute approximate surface area is 121 Å². The quantitative estimate of drug-likeness (QED) is 0.354. The van der Waals surface area contributed by atoms with Crippen LogP contribution in [0.25, 0.3) is 0 Å². The zero-order chi connectivity index (χ0) is 14.4. The van der Waals surface area contributed by atoms with E-state index in [-0.39, 0.29) is 6.03 Å². The van der Waals surface area contributed by atoms with Crippen LogP contribution in [-0.2, 0) is 9.22 Å². The number of aromatic nitrogens is 2. The summed E-state index contributed by atoms with van der Waals surface area (Å²) in [4.78, 5) is 18.5. The fourth-order valence-electron chi connectivity index (χ4n) is 1.86. The first-order valence-corrected chi connectivity index (χ1v) is 6.81. The molecule has 2 heterocycles. The third kappa shape index (κ3) is 3.71. The smallest absolute Gasteiger partial charge is 0.321 e. The standard InChI is InChI=1S/C11H15N5O3S/c1-18-19-20-15-4-2-3-14(5-6-15)11(17)16-9-10(7-12)8-13-16/h8-9H,2-6H2,1H3. The zero-order valence-corrected chi connectivity index (χ0v) is 11.9. The Bertz CT molecular complexity index is 500. The highest BCUT2D eigenvalue weighted by Crippen LogP contribution is 2.15. The molecule has 1 fully saturated rings. The lowest BCUT2D eigenvalue weighted by atomic mass is 10.4. The molecule has 108 valence electrons. The molecule has 0 bridgehead atoms. The highest BCUT2D eigenvalue weighted by molar-refractivity contribution is 7.92. The fraction of sp³-hybridized carbons (Fsp3) is 0.545. The number of rotatable bonds is 3. The average molecular weight is 297 g/mol. The maximum Gasteiger partial charge on any atom is 0.344 e. The fourth-order valence-corrected chi connectivity index (χ4v) is 2.37. The molecule has 0 N–H and O–H groups in total. The van der Waals surface area contributed by atoms with Crippen LogP contribution in [0.4, 0.5) is 4.79 Å². The average Bonchev–Trinajstić information content (AvgIpc) is 2.83. The van der Waals surface area contributed by atoms with Gasteiger partial charge in [0.1, 0.15) is 18.3 Å². The van der Waals surface area contributed by atoms with Gasteiger partial charge in [-0.25, -0.2) is 14.0 Å². The minimum absolute atomic E-state index is 0.217. The Hall–Kier alpha value is -1.60. The van der Waals surface area contributed by atoms with E-state index in [1.165, 1.54) is 24.2 Å². The first-order chi connectivity index (χ1) is 9.74. The van der Waals surface area contributed by atoms with Gasteiger partial charge in [0, 0.05) is 26.2 Å². The highest BCUT2D eigenvalue weighted by atomic mass is 32.2. The van der Waals surface area contributed by atoms with Gasteiger partial charge in [-0.2, -0.15) is 15.0 Å². The maximum absolute atomic E-state index is 12.2. The molecule has 0 atom stereocenters. The zero-order valence-electron chi connectivity index (χ0n) is 11.1. The summed E-state index contributed by atoms with van der Waals surface area (Å²) >= 11 is 1.14. The van der Waals surface area contributed by atoms with Gasteiger partial charge in [-0.05, 0) is 6.42 Å². The van der Waals surface area contributed by atoms with Gasteiger partial charge in [0.05, 0.1) is 25.1 Å². The second-order valence-electron chi connectivity index (χ2n) is 4.15. The Morgan fingerprint density at radius 1 is 1.45 bits per heavy atom. The molecular formula is C11H15N5O3S. The number of hydrogen-bond acceptors (Lipinski definition) is 7. The van der Waals surface area contributed by atoms with Crippen LogP contribution in [0.5, 0.6) is 0 Å². The van der Waals surface area contributed by atoms with Crippen molar-refractivity contribution in [3.05, 3.63) is 18.0 Å². The maximum atomic E-state index is 12.2. The number of carbonyl (C=O) groups is 1. The van der Waals surface area contributed by atoms with Crippen molar-refractivity contribution in [3.8, 4) is 6.07 Å². The highest BCUT2D eigenvalue weighted by Gasteiger charge is 2.21. The predicted octanol–water partition coefficient (Wildman–Crippen LogP) is 0.872. The first-order valence-electron chi connectivity index (χ1n) is 6.11. The molecule has 1 amide bonds. The molecule has 0 saturated carbocycles. The van der Waals surface area contributed by atoms with E-state index in [0.717, 1.165) is 25.2 Å². The summed E-state index contributed by atoms with van der Waals surface area (Å²) in [6.45, 7) is 2.69. The summed E-state index contributed by atoms with van der Waals surface area (Å²) in [7, 11) is 1.45. The molecule has 1 aliphatic heterocycles. The molecule has 0 radical (unpaired) electrons. The van der Waals surface area contributed by atoms with Crippen LogP contribution in [0.2, 0.25) is 0 Å². The van der Waals surface area contributed by atoms with Gasteiger partial charge in [0.2, 0.25) is 0 Å². The van der Waals surface area contributed by atoms with Crippen molar-refractivity contribution in [3.63, 3.8) is 0 Å². The van der Waals surface area contributed by atoms with E-state index in [9.17, 15) is 4.79 Å². The SMILES string of the molecule is COOSN1CCCN(C(=O)n2cc(C#N)cn2)CC1. The van der Waals surface area contributed by atoms with E-state index in [4.69, 9.17) is 9.60 Å². The number of hydrogen-bond donors (Lipinski definition) is 0. The summed E-state index contributed by atoms with van der Waals surface area (Å²) in [5.41, 5.74) is 0.374. The van der Waals surface area contributed by atoms with Crippen molar-refractivity contribution in [2.24, 2.45) is 0 Å². The van der Waals surface area contributed by atoms with Crippen LogP contribution in [0, 0.1) is 11.3 Å². The molecule has 9 heteroatoms. The minimum atomic E-state index is -0.217. The van der Waals surface area contributed by atoms with E-state index < -0.39 is 0 Å². The molecule has 0 aromatic carbocycles. The van der Waals surface area contributed by atoms with Gasteiger partial charge in [-0.15, -0.1) is 4.33 Å². The second kappa shape index (κ2) is 7.25. The van der Waals surface area contributed by atoms with Gasteiger partial charge in [0.15, 0.2) is 0 Å². The molecule has 1 saturated heterocycles. The minimum Gasteiger partial charge on any atom is -0.321 e. The first kappa shape index (κ1) is 14.8. The van der Waals surface area contributed by atoms with Crippen LogP contribution in [0.15, 0.2) is 12.4 Å². The molecule has 1 aromatic rings. The van der Waals surface area contributed by atoms with Gasteiger partial charge >= 0.3 is 6.03 Å². The van der Waals surface area contributed by atoms with E-state index in [1.807, 2.05) is 10.4 Å². The van der Waals surface area contributed by atoms with E-state index >= 15 is 0 Å². The molecule has 20 heavy (non-hydrogen) atoms. The third-order valence-corrected chi connectivity index (χ3v) is 3.61. The van der Waals surface area contributed by atoms with Gasteiger partial charge in [-0.1, -0.05) is 0 Å². The molecule has 0 aliphatic carbocycles. The molecule has 1 aromatic heterocycles. The van der Waals surface area contributed by atoms with Crippen molar-refractivity contribution in [2.45, 2.75) is 6.42 Å². The predicted molar refractivity (Wildman–Crippen MR) is 71.2 cm³/mol. The summed E-state index contributed by atoms with van der Waals surface area (Å²) in [5.74, 6) is 0. The van der Waals surface area contributed by atoms with Gasteiger partial charge < -0.3 is 4.90 Å². The van der Waals surface area contributed by atoms with Crippen LogP contribution in [0.1, 0.15) is 12.0 Å². The van der Waals surface area contributed by atoms with E-state index in [2.05, 4.69) is 9.99 Å². The second-order valence-corrected chi connectivity index (χ2v) is 4.95. The molecule has 8 nitrogen and oxygen atoms in total. The summed E-state index contributed by atoms with van der Waals surface area (Å²) in [6, 6.07) is 1.74. The van der Waals surface area contributed by atoms with Gasteiger partial charge in [0.25, 0.3) is 0 Å². The van der Waals surface area contributed by atoms with Crippen molar-refractivity contribution < 1.29 is 14.0 Å². The Morgan fingerprint density at radius 2 is 2.30 bits per heavy atom. The van der Waals surface area contributed by atoms with Crippen LogP contribution in [-0.4, -0.2) is 58.3 Å². The van der Waals surface area contributed by atoms with Crippen molar-refractivity contribution in [1.29, 1.82) is 5.26 Å². The van der Waals surface area contributed by atoms with Crippen LogP contribution >= 0.6 is 12.2 Å². The Balaban J connectivity index is 1.93. The third-order valence-electron chi connectivity index (χ3n) is 2.84. The summed E-state index contributed by atoms with van der Waals surface area (Å²) < 4.78 is 8.00. The largest absolute Gasteiger partial charge is 0.344 e. The summed E-state index contributed by atoms with van der Waals surface area (Å²) in [6.07, 6.45) is 3.65. The number of amides is 1. The van der Waals surface area contributed by atoms with Crippen LogP contribution < -0.4 is 0 Å². The molecule has 0 unspecified atom stereocenters. The monoisotopic (exact) mass is 297 g/mol. The lowest BCUT2D eigenvalue weighted by Gasteiger charge is -2.20. The van der Waals surface area contributed by atoms with Crippen molar-refractivity contribution in [1.82, 2.24) is 19.0 Å². The van der Waals surface area contributed by atoms with Gasteiger partial charge in [-0.3, -0.25) is 0 Å².